The Morgan fingerprint density at radius 2 is 2.27 bits per heavy atom. The maximum atomic E-state index is 13.1. The average molecular weight is 245 g/mol. The number of fused-ring (bicyclic) bond motifs is 1. The van der Waals surface area contributed by atoms with E-state index in [-0.39, 0.29) is 11.7 Å². The lowest BCUT2D eigenvalue weighted by atomic mass is 9.97. The molecule has 0 bridgehead atoms. The smallest absolute Gasteiger partial charge is 0.166 e. The Bertz CT molecular complexity index is 419. The van der Waals surface area contributed by atoms with Crippen molar-refractivity contribution in [1.82, 2.24) is 0 Å². The summed E-state index contributed by atoms with van der Waals surface area (Å²) in [6, 6.07) is 2.57. The van der Waals surface area contributed by atoms with Gasteiger partial charge >= 0.3 is 0 Å². The molecule has 0 saturated heterocycles. The summed E-state index contributed by atoms with van der Waals surface area (Å²) in [4.78, 5) is 11.9. The minimum atomic E-state index is -0.439. The van der Waals surface area contributed by atoms with E-state index >= 15 is 0 Å². The van der Waals surface area contributed by atoms with Gasteiger partial charge in [0, 0.05) is 28.0 Å². The molecule has 0 saturated carbocycles. The standard InChI is InChI=1S/C11H10ClFOS/c1-6-4-15-5-9-8(11(6)14)2-7(13)3-10(9)12/h2-3,6H,4-5H2,1H3. The van der Waals surface area contributed by atoms with Crippen LogP contribution in [0, 0.1) is 11.7 Å². The zero-order chi connectivity index (χ0) is 11.0. The molecule has 1 nitrogen and oxygen atoms in total. The van der Waals surface area contributed by atoms with Gasteiger partial charge in [-0.25, -0.2) is 4.39 Å². The van der Waals surface area contributed by atoms with Crippen LogP contribution in [-0.2, 0) is 5.75 Å². The van der Waals surface area contributed by atoms with Crippen LogP contribution in [-0.4, -0.2) is 11.5 Å². The van der Waals surface area contributed by atoms with Gasteiger partial charge in [0.15, 0.2) is 5.78 Å². The molecule has 0 aromatic heterocycles. The van der Waals surface area contributed by atoms with Crippen LogP contribution in [0.4, 0.5) is 4.39 Å². The maximum absolute atomic E-state index is 13.1. The molecule has 0 N–H and O–H groups in total. The van der Waals surface area contributed by atoms with Gasteiger partial charge in [0.05, 0.1) is 0 Å². The molecule has 1 aliphatic rings. The number of halogens is 2. The highest BCUT2D eigenvalue weighted by Gasteiger charge is 2.24. The number of ketones is 1. The zero-order valence-corrected chi connectivity index (χ0v) is 9.79. The van der Waals surface area contributed by atoms with Crippen LogP contribution >= 0.6 is 23.4 Å². The van der Waals surface area contributed by atoms with E-state index in [1.165, 1.54) is 12.1 Å². The molecule has 0 radical (unpaired) electrons. The van der Waals surface area contributed by atoms with Crippen LogP contribution < -0.4 is 0 Å². The number of thioether (sulfide) groups is 1. The molecule has 0 aliphatic carbocycles. The number of carbonyl (C=O) groups excluding carboxylic acids is 1. The Morgan fingerprint density at radius 1 is 1.53 bits per heavy atom. The summed E-state index contributed by atoms with van der Waals surface area (Å²) in [6.07, 6.45) is 0. The first-order valence-electron chi connectivity index (χ1n) is 4.69. The Labute approximate surface area is 97.0 Å². The number of rotatable bonds is 0. The highest BCUT2D eigenvalue weighted by Crippen LogP contribution is 2.32. The highest BCUT2D eigenvalue weighted by molar-refractivity contribution is 7.98. The van der Waals surface area contributed by atoms with E-state index in [9.17, 15) is 9.18 Å². The van der Waals surface area contributed by atoms with E-state index in [2.05, 4.69) is 0 Å². The van der Waals surface area contributed by atoms with Gasteiger partial charge in [-0.3, -0.25) is 4.79 Å². The SMILES string of the molecule is CC1CSCc2c(Cl)cc(F)cc2C1=O. The van der Waals surface area contributed by atoms with Gasteiger partial charge in [0.2, 0.25) is 0 Å². The van der Waals surface area contributed by atoms with Crippen molar-refractivity contribution in [3.63, 3.8) is 0 Å². The third-order valence-electron chi connectivity index (χ3n) is 2.49. The predicted molar refractivity (Wildman–Crippen MR) is 61.1 cm³/mol. The van der Waals surface area contributed by atoms with Crippen LogP contribution in [0.15, 0.2) is 12.1 Å². The summed E-state index contributed by atoms with van der Waals surface area (Å²) in [5.74, 6) is 0.951. The molecule has 1 unspecified atom stereocenters. The second-order valence-corrected chi connectivity index (χ2v) is 5.13. The largest absolute Gasteiger partial charge is 0.294 e. The van der Waals surface area contributed by atoms with Crippen molar-refractivity contribution < 1.29 is 9.18 Å². The van der Waals surface area contributed by atoms with Crippen LogP contribution in [0.25, 0.3) is 0 Å². The molecule has 80 valence electrons. The fraction of sp³-hybridized carbons (Fsp3) is 0.364. The van der Waals surface area contributed by atoms with E-state index in [1.54, 1.807) is 11.8 Å². The van der Waals surface area contributed by atoms with Crippen molar-refractivity contribution >= 4 is 29.1 Å². The monoisotopic (exact) mass is 244 g/mol. The molecule has 0 amide bonds. The van der Waals surface area contributed by atoms with Crippen molar-refractivity contribution in [2.24, 2.45) is 5.92 Å². The average Bonchev–Trinajstić information content (AvgIpc) is 2.30. The van der Waals surface area contributed by atoms with Crippen molar-refractivity contribution in [2.75, 3.05) is 5.75 Å². The van der Waals surface area contributed by atoms with Gasteiger partial charge in [-0.15, -0.1) is 0 Å². The Morgan fingerprint density at radius 3 is 3.00 bits per heavy atom. The molecule has 0 fully saturated rings. The van der Waals surface area contributed by atoms with Crippen molar-refractivity contribution in [1.29, 1.82) is 0 Å². The predicted octanol–water partition coefficient (Wildman–Crippen LogP) is 3.54. The lowest BCUT2D eigenvalue weighted by Crippen LogP contribution is -2.13. The van der Waals surface area contributed by atoms with Gasteiger partial charge in [-0.1, -0.05) is 18.5 Å². The summed E-state index contributed by atoms with van der Waals surface area (Å²) < 4.78 is 13.1. The van der Waals surface area contributed by atoms with Crippen LogP contribution in [0.2, 0.25) is 5.02 Å². The van der Waals surface area contributed by atoms with Crippen LogP contribution in [0.1, 0.15) is 22.8 Å². The fourth-order valence-electron chi connectivity index (χ4n) is 1.65. The summed E-state index contributed by atoms with van der Waals surface area (Å²) in [7, 11) is 0. The summed E-state index contributed by atoms with van der Waals surface area (Å²) in [5, 5.41) is 0.361. The van der Waals surface area contributed by atoms with E-state index in [0.717, 1.165) is 11.3 Å². The number of Topliss-reactive ketones (excluding diaryl/α,β-unsaturated/α-hetero) is 1. The third kappa shape index (κ3) is 2.04. The molecule has 0 spiro atoms. The van der Waals surface area contributed by atoms with Crippen LogP contribution in [0.3, 0.4) is 0 Å². The molecule has 4 heteroatoms. The lowest BCUT2D eigenvalue weighted by Gasteiger charge is -2.08. The molecule has 1 atom stereocenters. The minimum absolute atomic E-state index is 0.00333. The summed E-state index contributed by atoms with van der Waals surface area (Å²) in [6.45, 7) is 1.86. The number of benzene rings is 1. The topological polar surface area (TPSA) is 17.1 Å². The minimum Gasteiger partial charge on any atom is -0.294 e. The Kier molecular flexibility index (Phi) is 3.03. The zero-order valence-electron chi connectivity index (χ0n) is 8.22. The Hall–Kier alpha value is -0.540. The van der Waals surface area contributed by atoms with E-state index in [1.807, 2.05) is 6.92 Å². The second-order valence-electron chi connectivity index (χ2n) is 3.69. The number of carbonyl (C=O) groups is 1. The van der Waals surface area contributed by atoms with Gasteiger partial charge in [-0.2, -0.15) is 11.8 Å². The van der Waals surface area contributed by atoms with Gasteiger partial charge in [-0.05, 0) is 17.7 Å². The summed E-state index contributed by atoms with van der Waals surface area (Å²) in [5.41, 5.74) is 1.23. The molecular formula is C11H10ClFOS. The molecule has 1 aromatic rings. The second kappa shape index (κ2) is 4.14. The summed E-state index contributed by atoms with van der Waals surface area (Å²) >= 11 is 7.59. The van der Waals surface area contributed by atoms with Gasteiger partial charge < -0.3 is 0 Å². The maximum Gasteiger partial charge on any atom is 0.166 e. The quantitative estimate of drug-likeness (QED) is 0.694. The highest BCUT2D eigenvalue weighted by atomic mass is 35.5. The first-order valence-corrected chi connectivity index (χ1v) is 6.22. The first-order chi connectivity index (χ1) is 7.09. The fourth-order valence-corrected chi connectivity index (χ4v) is 3.14. The Balaban J connectivity index is 2.58. The van der Waals surface area contributed by atoms with Crippen LogP contribution in [0.5, 0.6) is 0 Å². The van der Waals surface area contributed by atoms with E-state index < -0.39 is 5.82 Å². The number of hydrogen-bond donors (Lipinski definition) is 0. The van der Waals surface area contributed by atoms with Crippen molar-refractivity contribution in [3.05, 3.63) is 34.1 Å². The van der Waals surface area contributed by atoms with Gasteiger partial charge in [0.25, 0.3) is 0 Å². The third-order valence-corrected chi connectivity index (χ3v) is 4.05. The first kappa shape index (κ1) is 11.0. The molecular weight excluding hydrogens is 235 g/mol. The molecule has 2 rings (SSSR count). The molecule has 1 heterocycles. The van der Waals surface area contributed by atoms with Crippen molar-refractivity contribution in [3.8, 4) is 0 Å². The lowest BCUT2D eigenvalue weighted by molar-refractivity contribution is 0.0941. The van der Waals surface area contributed by atoms with Crippen molar-refractivity contribution in [2.45, 2.75) is 12.7 Å². The van der Waals surface area contributed by atoms with E-state index in [0.29, 0.717) is 16.3 Å². The normalized spacial score (nSPS) is 21.0. The molecule has 1 aromatic carbocycles. The molecule has 15 heavy (non-hydrogen) atoms. The van der Waals surface area contributed by atoms with E-state index in [4.69, 9.17) is 11.6 Å². The number of hydrogen-bond acceptors (Lipinski definition) is 2. The van der Waals surface area contributed by atoms with Gasteiger partial charge in [0.1, 0.15) is 5.82 Å². The molecule has 1 aliphatic heterocycles.